The number of nitrogens with two attached hydrogens (primary N) is 1. The molecule has 3 N–H and O–H groups in total. The molecule has 2 aromatic rings. The van der Waals surface area contributed by atoms with Crippen molar-refractivity contribution in [2.45, 2.75) is 52.2 Å². The van der Waals surface area contributed by atoms with E-state index in [-0.39, 0.29) is 30.5 Å². The molecule has 10 nitrogen and oxygen atoms in total. The van der Waals surface area contributed by atoms with E-state index in [0.717, 1.165) is 24.1 Å². The molecular weight excluding hydrogens is 378 g/mol. The first-order valence-electron chi connectivity index (χ1n) is 9.21. The first-order valence-corrected chi connectivity index (χ1v) is 9.21. The van der Waals surface area contributed by atoms with Gasteiger partial charge in [-0.3, -0.25) is 9.59 Å². The number of fused-ring (bicyclic) bond motifs is 1. The van der Waals surface area contributed by atoms with E-state index in [4.69, 9.17) is 25.6 Å². The van der Waals surface area contributed by atoms with Gasteiger partial charge in [0, 0.05) is 13.0 Å². The number of carboxylic acids is 1. The molecule has 29 heavy (non-hydrogen) atoms. The van der Waals surface area contributed by atoms with Crippen molar-refractivity contribution in [1.82, 2.24) is 14.6 Å². The lowest BCUT2D eigenvalue weighted by molar-refractivity contribution is -0.151. The zero-order chi connectivity index (χ0) is 22.0. The van der Waals surface area contributed by atoms with Crippen LogP contribution in [0.15, 0.2) is 18.5 Å². The maximum Gasteiger partial charge on any atom is 0.308 e. The zero-order valence-corrected chi connectivity index (χ0v) is 16.8. The number of hydrogen-bond acceptors (Lipinski definition) is 8. The van der Waals surface area contributed by atoms with E-state index in [2.05, 4.69) is 16.7 Å². The van der Waals surface area contributed by atoms with E-state index < -0.39 is 5.97 Å². The third kappa shape index (κ3) is 6.73. The fourth-order valence-corrected chi connectivity index (χ4v) is 2.60. The Kier molecular flexibility index (Phi) is 9.55. The molecule has 1 aliphatic rings. The fourth-order valence-electron chi connectivity index (χ4n) is 2.60. The number of carboxylic acid groups (broad SMARTS) is 1. The van der Waals surface area contributed by atoms with Crippen LogP contribution >= 0.6 is 0 Å². The van der Waals surface area contributed by atoms with Gasteiger partial charge >= 0.3 is 11.9 Å². The maximum absolute atomic E-state index is 11.5. The van der Waals surface area contributed by atoms with Crippen molar-refractivity contribution in [3.8, 4) is 6.57 Å². The van der Waals surface area contributed by atoms with Crippen LogP contribution in [0, 0.1) is 17.8 Å². The summed E-state index contributed by atoms with van der Waals surface area (Å²) in [5.41, 5.74) is 7.55. The van der Waals surface area contributed by atoms with Gasteiger partial charge in [0.05, 0.1) is 17.7 Å². The third-order valence-corrected chi connectivity index (χ3v) is 4.13. The molecule has 3 heterocycles. The lowest BCUT2D eigenvalue weighted by Crippen LogP contribution is -2.21. The van der Waals surface area contributed by atoms with Gasteiger partial charge < -0.3 is 20.3 Å². The molecule has 2 aromatic heterocycles. The molecule has 0 aromatic carbocycles. The Balaban J connectivity index is 0.000000527. The summed E-state index contributed by atoms with van der Waals surface area (Å²) in [5.74, 6) is -0.612. The predicted octanol–water partition coefficient (Wildman–Crippen LogP) is 2.35. The second-order valence-corrected chi connectivity index (χ2v) is 6.56. The van der Waals surface area contributed by atoms with Crippen molar-refractivity contribution >= 4 is 23.3 Å². The highest BCUT2D eigenvalue weighted by Crippen LogP contribution is 2.33. The largest absolute Gasteiger partial charge is 0.481 e. The molecule has 1 saturated heterocycles. The van der Waals surface area contributed by atoms with Gasteiger partial charge in [-0.25, -0.2) is 14.8 Å². The molecule has 0 saturated carbocycles. The summed E-state index contributed by atoms with van der Waals surface area (Å²) in [6.07, 6.45) is 3.23. The Morgan fingerprint density at radius 3 is 2.66 bits per heavy atom. The van der Waals surface area contributed by atoms with Crippen LogP contribution in [0.3, 0.4) is 0 Å². The molecule has 3 rings (SSSR count). The molecule has 2 atom stereocenters. The predicted molar refractivity (Wildman–Crippen MR) is 105 cm³/mol. The molecule has 0 amide bonds. The van der Waals surface area contributed by atoms with Crippen LogP contribution in [-0.2, 0) is 19.1 Å². The smallest absolute Gasteiger partial charge is 0.308 e. The summed E-state index contributed by atoms with van der Waals surface area (Å²) in [6, 6.07) is 3.84. The van der Waals surface area contributed by atoms with Gasteiger partial charge in [0.15, 0.2) is 5.82 Å². The van der Waals surface area contributed by atoms with Crippen LogP contribution in [0.25, 0.3) is 5.52 Å². The number of carbonyl (C=O) groups is 2. The van der Waals surface area contributed by atoms with Crippen molar-refractivity contribution in [3.05, 3.63) is 24.2 Å². The number of ether oxygens (including phenoxy) is 2. The second kappa shape index (κ2) is 11.6. The van der Waals surface area contributed by atoms with E-state index in [1.807, 2.05) is 26.0 Å². The number of nitrogens with zero attached hydrogens (tertiary/aromatic N) is 4. The molecule has 1 aliphatic heterocycles. The fraction of sp³-hybridized carbons (Fsp3) is 0.526. The van der Waals surface area contributed by atoms with E-state index in [0.29, 0.717) is 12.4 Å². The quantitative estimate of drug-likeness (QED) is 0.713. The van der Waals surface area contributed by atoms with Crippen LogP contribution in [0.4, 0.5) is 5.82 Å². The van der Waals surface area contributed by atoms with Crippen LogP contribution < -0.4 is 5.73 Å². The normalized spacial score (nSPS) is 17.7. The average Bonchev–Trinajstić information content (AvgIpc) is 3.35. The zero-order valence-electron chi connectivity index (χ0n) is 16.8. The van der Waals surface area contributed by atoms with Crippen molar-refractivity contribution in [2.24, 2.45) is 5.92 Å². The van der Waals surface area contributed by atoms with Gasteiger partial charge in [0.2, 0.25) is 0 Å². The summed E-state index contributed by atoms with van der Waals surface area (Å²) < 4.78 is 13.0. The SMILES string of the molecule is C#N.CC(C)C(=O)OCC1CCC(c2ccc3c(N)ncnn23)O1.CCC(=O)O. The molecular formula is C19H27N5O5. The number of hydrogen-bond donors (Lipinski definition) is 2. The number of nitriles is 1. The van der Waals surface area contributed by atoms with Gasteiger partial charge in [0.25, 0.3) is 0 Å². The summed E-state index contributed by atoms with van der Waals surface area (Å²) in [6.45, 7) is 9.03. The molecule has 2 unspecified atom stereocenters. The first kappa shape index (κ1) is 23.8. The van der Waals surface area contributed by atoms with Crippen LogP contribution in [0.2, 0.25) is 0 Å². The van der Waals surface area contributed by atoms with Gasteiger partial charge in [0.1, 0.15) is 24.6 Å². The third-order valence-electron chi connectivity index (χ3n) is 4.13. The molecule has 1 fully saturated rings. The minimum atomic E-state index is -0.745. The molecule has 10 heteroatoms. The topological polar surface area (TPSA) is 153 Å². The minimum Gasteiger partial charge on any atom is -0.481 e. The summed E-state index contributed by atoms with van der Waals surface area (Å²) in [7, 11) is 0. The highest BCUT2D eigenvalue weighted by Gasteiger charge is 2.30. The van der Waals surface area contributed by atoms with Crippen molar-refractivity contribution in [1.29, 1.82) is 5.26 Å². The van der Waals surface area contributed by atoms with E-state index in [1.54, 1.807) is 11.4 Å². The highest BCUT2D eigenvalue weighted by atomic mass is 16.6. The van der Waals surface area contributed by atoms with Gasteiger partial charge in [-0.1, -0.05) is 20.8 Å². The molecule has 0 radical (unpaired) electrons. The van der Waals surface area contributed by atoms with Crippen LogP contribution in [0.1, 0.15) is 51.8 Å². The number of aliphatic carboxylic acids is 1. The van der Waals surface area contributed by atoms with E-state index in [1.165, 1.54) is 6.33 Å². The standard InChI is InChI=1S/C15H20N4O3.C3H6O2.CHN/c1-9(2)15(20)21-7-10-3-6-13(22-10)11-4-5-12-14(16)17-8-18-19(11)12;1-2-3(4)5;1-2/h4-5,8-10,13H,3,6-7H2,1-2H3,(H2,16,17,18);2H2,1H3,(H,4,5);1H. The number of nitrogen functional groups attached to an aromatic ring is 1. The minimum absolute atomic E-state index is 0.0699. The lowest BCUT2D eigenvalue weighted by atomic mass is 10.1. The lowest BCUT2D eigenvalue weighted by Gasteiger charge is -2.14. The maximum atomic E-state index is 11.5. The highest BCUT2D eigenvalue weighted by molar-refractivity contribution is 5.71. The Hall–Kier alpha value is -3.19. The summed E-state index contributed by atoms with van der Waals surface area (Å²) in [4.78, 5) is 24.9. The monoisotopic (exact) mass is 405 g/mol. The Morgan fingerprint density at radius 1 is 1.41 bits per heavy atom. The Bertz CT molecular complexity index is 833. The number of aromatic nitrogens is 3. The van der Waals surface area contributed by atoms with Crippen LogP contribution in [-0.4, -0.2) is 44.4 Å². The summed E-state index contributed by atoms with van der Waals surface area (Å²) >= 11 is 0. The van der Waals surface area contributed by atoms with Crippen molar-refractivity contribution in [2.75, 3.05) is 12.3 Å². The van der Waals surface area contributed by atoms with Gasteiger partial charge in [-0.2, -0.15) is 5.10 Å². The van der Waals surface area contributed by atoms with Crippen molar-refractivity contribution < 1.29 is 24.2 Å². The molecule has 158 valence electrons. The molecule has 0 bridgehead atoms. The number of esters is 1. The molecule has 0 aliphatic carbocycles. The Labute approximate surface area is 169 Å². The van der Waals surface area contributed by atoms with E-state index in [9.17, 15) is 9.59 Å². The first-order chi connectivity index (χ1) is 13.8. The van der Waals surface area contributed by atoms with Gasteiger partial charge in [-0.15, -0.1) is 0 Å². The van der Waals surface area contributed by atoms with E-state index >= 15 is 0 Å². The Morgan fingerprint density at radius 2 is 2.07 bits per heavy atom. The van der Waals surface area contributed by atoms with Gasteiger partial charge in [-0.05, 0) is 25.0 Å². The van der Waals surface area contributed by atoms with Crippen LogP contribution in [0.5, 0.6) is 0 Å². The summed E-state index contributed by atoms with van der Waals surface area (Å²) in [5, 5.41) is 18.5. The number of anilines is 1. The molecule has 0 spiro atoms. The average molecular weight is 405 g/mol. The second-order valence-electron chi connectivity index (χ2n) is 6.56. The number of carbonyl (C=O) groups excluding carboxylic acids is 1. The number of rotatable bonds is 5. The van der Waals surface area contributed by atoms with Crippen molar-refractivity contribution in [3.63, 3.8) is 0 Å².